The topological polar surface area (TPSA) is 66.8 Å². The van der Waals surface area contributed by atoms with E-state index in [0.717, 1.165) is 12.8 Å². The predicted molar refractivity (Wildman–Crippen MR) is 58.1 cm³/mol. The number of ether oxygens (including phenoxy) is 1. The molecule has 0 bridgehead atoms. The van der Waals surface area contributed by atoms with Crippen molar-refractivity contribution in [3.8, 4) is 0 Å². The molecule has 92 valence electrons. The summed E-state index contributed by atoms with van der Waals surface area (Å²) in [5.74, 6) is -0.776. The number of carbonyl (C=O) groups excluding carboxylic acids is 1. The van der Waals surface area contributed by atoms with E-state index >= 15 is 0 Å². The Morgan fingerprint density at radius 3 is 2.88 bits per heavy atom. The summed E-state index contributed by atoms with van der Waals surface area (Å²) >= 11 is 0. The Labute approximate surface area is 95.4 Å². The van der Waals surface area contributed by atoms with E-state index in [1.807, 2.05) is 0 Å². The van der Waals surface area contributed by atoms with Crippen LogP contribution in [0.1, 0.15) is 32.1 Å². The van der Waals surface area contributed by atoms with Gasteiger partial charge in [0.2, 0.25) is 5.91 Å². The zero-order valence-corrected chi connectivity index (χ0v) is 9.65. The minimum Gasteiger partial charge on any atom is -0.481 e. The summed E-state index contributed by atoms with van der Waals surface area (Å²) < 4.78 is 4.88. The number of carboxylic acids is 1. The van der Waals surface area contributed by atoms with Crippen LogP contribution in [0, 0.1) is 0 Å². The van der Waals surface area contributed by atoms with E-state index in [9.17, 15) is 9.59 Å². The summed E-state index contributed by atoms with van der Waals surface area (Å²) in [6.07, 6.45) is 2.93. The van der Waals surface area contributed by atoms with Gasteiger partial charge in [0.15, 0.2) is 0 Å². The van der Waals surface area contributed by atoms with Gasteiger partial charge in [0.05, 0.1) is 6.42 Å². The summed E-state index contributed by atoms with van der Waals surface area (Å²) in [5, 5.41) is 8.73. The molecule has 0 aromatic carbocycles. The number of amides is 1. The number of nitrogens with zero attached hydrogens (tertiary/aromatic N) is 1. The number of likely N-dealkylation sites (tertiary alicyclic amines) is 1. The number of hydrogen-bond donors (Lipinski definition) is 1. The lowest BCUT2D eigenvalue weighted by Gasteiger charge is -2.23. The number of hydrogen-bond acceptors (Lipinski definition) is 3. The van der Waals surface area contributed by atoms with E-state index in [0.29, 0.717) is 26.0 Å². The molecule has 1 aliphatic heterocycles. The van der Waals surface area contributed by atoms with Crippen molar-refractivity contribution in [2.24, 2.45) is 0 Å². The van der Waals surface area contributed by atoms with E-state index in [2.05, 4.69) is 0 Å². The molecule has 0 radical (unpaired) electrons. The second-order valence-corrected chi connectivity index (χ2v) is 4.08. The van der Waals surface area contributed by atoms with Gasteiger partial charge in [0.1, 0.15) is 0 Å². The molecule has 1 N–H and O–H groups in total. The van der Waals surface area contributed by atoms with Gasteiger partial charge in [-0.2, -0.15) is 0 Å². The monoisotopic (exact) mass is 229 g/mol. The molecule has 5 nitrogen and oxygen atoms in total. The zero-order valence-electron chi connectivity index (χ0n) is 9.65. The second-order valence-electron chi connectivity index (χ2n) is 4.08. The third kappa shape index (κ3) is 3.81. The molecule has 0 spiro atoms. The first kappa shape index (κ1) is 13.0. The maximum Gasteiger partial charge on any atom is 0.305 e. The number of carboxylic acid groups (broad SMARTS) is 1. The Balaban J connectivity index is 2.38. The molecule has 1 amide bonds. The van der Waals surface area contributed by atoms with Gasteiger partial charge in [-0.15, -0.1) is 0 Å². The molecular formula is C11H19NO4. The summed E-state index contributed by atoms with van der Waals surface area (Å²) in [4.78, 5) is 24.1. The van der Waals surface area contributed by atoms with Crippen molar-refractivity contribution >= 4 is 11.9 Å². The number of aliphatic carboxylic acids is 1. The minimum absolute atomic E-state index is 0.0563. The van der Waals surface area contributed by atoms with Crippen molar-refractivity contribution in [2.75, 3.05) is 20.3 Å². The summed E-state index contributed by atoms with van der Waals surface area (Å²) in [5.41, 5.74) is 0. The van der Waals surface area contributed by atoms with Crippen LogP contribution in [-0.2, 0) is 14.3 Å². The highest BCUT2D eigenvalue weighted by Crippen LogP contribution is 2.21. The summed E-state index contributed by atoms with van der Waals surface area (Å²) in [6.45, 7) is 1.27. The normalized spacial score (nSPS) is 20.1. The highest BCUT2D eigenvalue weighted by atomic mass is 16.5. The van der Waals surface area contributed by atoms with E-state index in [-0.39, 0.29) is 18.4 Å². The Hall–Kier alpha value is -1.10. The van der Waals surface area contributed by atoms with Crippen LogP contribution < -0.4 is 0 Å². The molecule has 1 rings (SSSR count). The molecule has 1 unspecified atom stereocenters. The first-order valence-corrected chi connectivity index (χ1v) is 5.65. The molecule has 1 fully saturated rings. The summed E-state index contributed by atoms with van der Waals surface area (Å²) in [7, 11) is 1.60. The molecule has 1 atom stereocenters. The van der Waals surface area contributed by atoms with Crippen LogP contribution in [0.5, 0.6) is 0 Å². The highest BCUT2D eigenvalue weighted by Gasteiger charge is 2.29. The largest absolute Gasteiger partial charge is 0.481 e. The van der Waals surface area contributed by atoms with E-state index in [1.54, 1.807) is 12.0 Å². The van der Waals surface area contributed by atoms with Crippen LogP contribution in [0.4, 0.5) is 0 Å². The van der Waals surface area contributed by atoms with Gasteiger partial charge in [-0.05, 0) is 19.3 Å². The van der Waals surface area contributed by atoms with Gasteiger partial charge in [0, 0.05) is 32.7 Å². The van der Waals surface area contributed by atoms with E-state index in [1.165, 1.54) is 0 Å². The average molecular weight is 229 g/mol. The highest BCUT2D eigenvalue weighted by molar-refractivity contribution is 5.78. The quantitative estimate of drug-likeness (QED) is 0.686. The van der Waals surface area contributed by atoms with Gasteiger partial charge in [-0.25, -0.2) is 0 Å². The molecule has 0 saturated carbocycles. The van der Waals surface area contributed by atoms with Gasteiger partial charge in [-0.1, -0.05) is 0 Å². The molecule has 1 aliphatic rings. The lowest BCUT2D eigenvalue weighted by Crippen LogP contribution is -2.36. The van der Waals surface area contributed by atoms with Crippen LogP contribution in [0.2, 0.25) is 0 Å². The lowest BCUT2D eigenvalue weighted by atomic mass is 10.1. The van der Waals surface area contributed by atoms with Crippen LogP contribution in [-0.4, -0.2) is 48.2 Å². The van der Waals surface area contributed by atoms with Crippen LogP contribution in [0.3, 0.4) is 0 Å². The molecule has 0 aromatic heterocycles. The third-order valence-electron chi connectivity index (χ3n) is 2.85. The van der Waals surface area contributed by atoms with Crippen molar-refractivity contribution < 1.29 is 19.4 Å². The van der Waals surface area contributed by atoms with Crippen molar-refractivity contribution in [1.29, 1.82) is 0 Å². The Morgan fingerprint density at radius 2 is 2.25 bits per heavy atom. The number of methoxy groups -OCH3 is 1. The van der Waals surface area contributed by atoms with Crippen LogP contribution in [0.25, 0.3) is 0 Å². The average Bonchev–Trinajstić information content (AvgIpc) is 2.65. The van der Waals surface area contributed by atoms with Crippen molar-refractivity contribution in [3.05, 3.63) is 0 Å². The zero-order chi connectivity index (χ0) is 12.0. The Bertz CT molecular complexity index is 254. The molecule has 0 aliphatic carbocycles. The number of rotatable bonds is 6. The third-order valence-corrected chi connectivity index (χ3v) is 2.85. The molecule has 0 aromatic rings. The molecule has 16 heavy (non-hydrogen) atoms. The SMILES string of the molecule is COCCCC(=O)N1CCCC1CC(=O)O. The summed E-state index contributed by atoms with van der Waals surface area (Å²) in [6, 6.07) is -0.104. The Morgan fingerprint density at radius 1 is 1.50 bits per heavy atom. The van der Waals surface area contributed by atoms with Gasteiger partial charge < -0.3 is 14.7 Å². The van der Waals surface area contributed by atoms with Crippen molar-refractivity contribution in [2.45, 2.75) is 38.1 Å². The fourth-order valence-electron chi connectivity index (χ4n) is 2.09. The maximum absolute atomic E-state index is 11.8. The first-order valence-electron chi connectivity index (χ1n) is 5.65. The number of carbonyl (C=O) groups is 2. The van der Waals surface area contributed by atoms with E-state index in [4.69, 9.17) is 9.84 Å². The van der Waals surface area contributed by atoms with Gasteiger partial charge in [-0.3, -0.25) is 9.59 Å². The molecule has 5 heteroatoms. The molecule has 1 saturated heterocycles. The maximum atomic E-state index is 11.8. The second kappa shape index (κ2) is 6.48. The van der Waals surface area contributed by atoms with Gasteiger partial charge in [0.25, 0.3) is 0 Å². The lowest BCUT2D eigenvalue weighted by molar-refractivity contribution is -0.140. The Kier molecular flexibility index (Phi) is 5.25. The smallest absolute Gasteiger partial charge is 0.305 e. The van der Waals surface area contributed by atoms with Crippen molar-refractivity contribution in [1.82, 2.24) is 4.90 Å². The van der Waals surface area contributed by atoms with Crippen LogP contribution in [0.15, 0.2) is 0 Å². The van der Waals surface area contributed by atoms with Gasteiger partial charge >= 0.3 is 5.97 Å². The predicted octanol–water partition coefficient (Wildman–Crippen LogP) is 0.879. The van der Waals surface area contributed by atoms with E-state index < -0.39 is 5.97 Å². The standard InChI is InChI=1S/C11H19NO4/c1-16-7-3-5-10(13)12-6-2-4-9(12)8-11(14)15/h9H,2-8H2,1H3,(H,14,15). The fourth-order valence-corrected chi connectivity index (χ4v) is 2.09. The minimum atomic E-state index is -0.832. The first-order chi connectivity index (χ1) is 7.65. The van der Waals surface area contributed by atoms with Crippen LogP contribution >= 0.6 is 0 Å². The fraction of sp³-hybridized carbons (Fsp3) is 0.818. The molecule has 1 heterocycles. The van der Waals surface area contributed by atoms with Crippen molar-refractivity contribution in [3.63, 3.8) is 0 Å². The molecular weight excluding hydrogens is 210 g/mol.